The van der Waals surface area contributed by atoms with Crippen LogP contribution in [-0.4, -0.2) is 21.1 Å². The Kier molecular flexibility index (Phi) is 5.76. The number of ether oxygens (including phenoxy) is 2. The number of thiazole rings is 1. The molecule has 148 valence electrons. The summed E-state index contributed by atoms with van der Waals surface area (Å²) < 4.78 is 29.6. The minimum atomic E-state index is -0.369. The van der Waals surface area contributed by atoms with Gasteiger partial charge in [-0.15, -0.1) is 11.3 Å². The topological polar surface area (TPSA) is 87.3 Å². The number of fused-ring (bicyclic) bond motifs is 1. The molecule has 2 heterocycles. The van der Waals surface area contributed by atoms with E-state index in [1.165, 1.54) is 24.3 Å². The third-order valence-electron chi connectivity index (χ3n) is 3.93. The fraction of sp³-hybridized carbons (Fsp3) is 0.200. The highest BCUT2D eigenvalue weighted by molar-refractivity contribution is 7.18. The summed E-state index contributed by atoms with van der Waals surface area (Å²) >= 11 is 1.57. The first-order chi connectivity index (χ1) is 14.2. The van der Waals surface area contributed by atoms with Gasteiger partial charge in [-0.3, -0.25) is 4.79 Å². The van der Waals surface area contributed by atoms with E-state index >= 15 is 0 Å². The summed E-state index contributed by atoms with van der Waals surface area (Å²) in [5, 5.41) is 4.65. The number of aryl methyl sites for hydroxylation is 1. The van der Waals surface area contributed by atoms with Gasteiger partial charge in [0.25, 0.3) is 5.89 Å². The fourth-order valence-corrected chi connectivity index (χ4v) is 3.50. The molecule has 0 aliphatic heterocycles. The van der Waals surface area contributed by atoms with Gasteiger partial charge in [-0.2, -0.15) is 4.98 Å². The molecule has 0 unspecified atom stereocenters. The summed E-state index contributed by atoms with van der Waals surface area (Å²) in [7, 11) is 0. The number of carbonyl (C=O) groups is 1. The largest absolute Gasteiger partial charge is 0.485 e. The van der Waals surface area contributed by atoms with Crippen LogP contribution in [0.25, 0.3) is 10.2 Å². The lowest BCUT2D eigenvalue weighted by atomic mass is 10.3. The number of aromatic nitrogens is 3. The Morgan fingerprint density at radius 3 is 2.72 bits per heavy atom. The van der Waals surface area contributed by atoms with Crippen LogP contribution in [0.2, 0.25) is 0 Å². The van der Waals surface area contributed by atoms with Crippen molar-refractivity contribution in [3.63, 3.8) is 0 Å². The monoisotopic (exact) mass is 413 g/mol. The van der Waals surface area contributed by atoms with Crippen molar-refractivity contribution in [1.82, 2.24) is 15.1 Å². The summed E-state index contributed by atoms with van der Waals surface area (Å²) in [6.07, 6.45) is 0.729. The molecule has 4 aromatic rings. The van der Waals surface area contributed by atoms with Crippen molar-refractivity contribution >= 4 is 27.5 Å². The van der Waals surface area contributed by atoms with Crippen molar-refractivity contribution in [2.75, 3.05) is 0 Å². The van der Waals surface area contributed by atoms with Gasteiger partial charge in [0.2, 0.25) is 5.82 Å². The Balaban J connectivity index is 1.21. The molecule has 0 radical (unpaired) electrons. The Labute approximate surface area is 169 Å². The van der Waals surface area contributed by atoms with E-state index in [4.69, 9.17) is 14.0 Å². The molecule has 0 bridgehead atoms. The van der Waals surface area contributed by atoms with Crippen LogP contribution in [-0.2, 0) is 29.2 Å². The first-order valence-corrected chi connectivity index (χ1v) is 9.67. The highest BCUT2D eigenvalue weighted by Gasteiger charge is 2.12. The smallest absolute Gasteiger partial charge is 0.306 e. The number of benzene rings is 2. The lowest BCUT2D eigenvalue weighted by molar-refractivity contribution is -0.145. The van der Waals surface area contributed by atoms with Gasteiger partial charge in [0.1, 0.15) is 11.6 Å². The van der Waals surface area contributed by atoms with Crippen LogP contribution in [0.5, 0.6) is 5.75 Å². The van der Waals surface area contributed by atoms with Gasteiger partial charge in [-0.1, -0.05) is 17.3 Å². The van der Waals surface area contributed by atoms with E-state index in [2.05, 4.69) is 15.1 Å². The molecule has 4 rings (SSSR count). The first kappa shape index (κ1) is 19.0. The molecule has 29 heavy (non-hydrogen) atoms. The van der Waals surface area contributed by atoms with Gasteiger partial charge >= 0.3 is 5.97 Å². The fourth-order valence-electron chi connectivity index (χ4n) is 2.54. The van der Waals surface area contributed by atoms with Crippen molar-refractivity contribution in [3.05, 3.63) is 71.1 Å². The van der Waals surface area contributed by atoms with Gasteiger partial charge in [-0.05, 0) is 36.4 Å². The number of para-hydroxylation sites is 1. The molecule has 0 aliphatic carbocycles. The minimum Gasteiger partial charge on any atom is -0.485 e. The zero-order valence-electron chi connectivity index (χ0n) is 15.2. The predicted molar refractivity (Wildman–Crippen MR) is 103 cm³/mol. The lowest BCUT2D eigenvalue weighted by Crippen LogP contribution is -2.06. The van der Waals surface area contributed by atoms with E-state index in [0.717, 1.165) is 15.2 Å². The second-order valence-electron chi connectivity index (χ2n) is 6.08. The minimum absolute atomic E-state index is 0.0562. The molecule has 2 aromatic carbocycles. The number of halogens is 1. The van der Waals surface area contributed by atoms with Crippen LogP contribution < -0.4 is 4.74 Å². The molecule has 0 N–H and O–H groups in total. The van der Waals surface area contributed by atoms with Gasteiger partial charge in [0.15, 0.2) is 13.2 Å². The SMILES string of the molecule is O=C(CCc1nc2ccccc2s1)OCc1nc(COc2ccc(F)cc2)no1. The number of carbonyl (C=O) groups excluding carboxylic acids is 1. The van der Waals surface area contributed by atoms with Gasteiger partial charge in [-0.25, -0.2) is 9.37 Å². The van der Waals surface area contributed by atoms with Crippen LogP contribution >= 0.6 is 11.3 Å². The maximum Gasteiger partial charge on any atom is 0.306 e. The zero-order chi connectivity index (χ0) is 20.1. The van der Waals surface area contributed by atoms with Crippen LogP contribution in [0.15, 0.2) is 53.1 Å². The van der Waals surface area contributed by atoms with E-state index in [1.54, 1.807) is 11.3 Å². The second-order valence-corrected chi connectivity index (χ2v) is 7.20. The average Bonchev–Trinajstić information content (AvgIpc) is 3.36. The molecular weight excluding hydrogens is 397 g/mol. The van der Waals surface area contributed by atoms with E-state index in [-0.39, 0.29) is 37.3 Å². The molecule has 0 atom stereocenters. The molecule has 2 aromatic heterocycles. The number of hydrogen-bond acceptors (Lipinski definition) is 8. The van der Waals surface area contributed by atoms with Crippen molar-refractivity contribution in [3.8, 4) is 5.75 Å². The predicted octanol–water partition coefficient (Wildman–Crippen LogP) is 4.07. The third kappa shape index (κ3) is 5.14. The summed E-state index contributed by atoms with van der Waals surface area (Å²) in [4.78, 5) is 20.5. The van der Waals surface area contributed by atoms with E-state index in [1.807, 2.05) is 24.3 Å². The van der Waals surface area contributed by atoms with Crippen LogP contribution in [0.3, 0.4) is 0 Å². The standard InChI is InChI=1S/C20H16FN3O4S/c21-13-5-7-14(8-6-13)26-11-17-23-18(28-24-17)12-27-20(25)10-9-19-22-15-3-1-2-4-16(15)29-19/h1-8H,9-12H2. The summed E-state index contributed by atoms with van der Waals surface area (Å²) in [5.41, 5.74) is 0.933. The molecule has 0 saturated carbocycles. The van der Waals surface area contributed by atoms with Gasteiger partial charge < -0.3 is 14.0 Å². The Morgan fingerprint density at radius 1 is 1.07 bits per heavy atom. The molecule has 7 nitrogen and oxygen atoms in total. The molecular formula is C20H16FN3O4S. The molecule has 0 aliphatic rings. The van der Waals surface area contributed by atoms with Gasteiger partial charge in [0.05, 0.1) is 21.6 Å². The summed E-state index contributed by atoms with van der Waals surface area (Å²) in [6.45, 7) is -0.0527. The maximum atomic E-state index is 12.9. The molecule has 0 spiro atoms. The van der Waals surface area contributed by atoms with E-state index in [0.29, 0.717) is 18.0 Å². The van der Waals surface area contributed by atoms with Crippen LogP contribution in [0.1, 0.15) is 23.1 Å². The highest BCUT2D eigenvalue weighted by Crippen LogP contribution is 2.22. The van der Waals surface area contributed by atoms with Crippen molar-refractivity contribution in [2.24, 2.45) is 0 Å². The summed E-state index contributed by atoms with van der Waals surface area (Å²) in [5.74, 6) is 0.251. The van der Waals surface area contributed by atoms with Crippen molar-refractivity contribution < 1.29 is 23.2 Å². The average molecular weight is 413 g/mol. The Bertz CT molecular complexity index is 1080. The van der Waals surface area contributed by atoms with Crippen molar-refractivity contribution in [2.45, 2.75) is 26.1 Å². The number of rotatable bonds is 8. The Morgan fingerprint density at radius 2 is 1.90 bits per heavy atom. The molecule has 0 fully saturated rings. The molecule has 0 saturated heterocycles. The lowest BCUT2D eigenvalue weighted by Gasteiger charge is -2.02. The normalized spacial score (nSPS) is 10.9. The number of esters is 1. The van der Waals surface area contributed by atoms with Crippen LogP contribution in [0.4, 0.5) is 4.39 Å². The van der Waals surface area contributed by atoms with E-state index in [9.17, 15) is 9.18 Å². The van der Waals surface area contributed by atoms with Crippen molar-refractivity contribution in [1.29, 1.82) is 0 Å². The molecule has 0 amide bonds. The summed E-state index contributed by atoms with van der Waals surface area (Å²) in [6, 6.07) is 13.4. The quantitative estimate of drug-likeness (QED) is 0.402. The second kappa shape index (κ2) is 8.78. The Hall–Kier alpha value is -3.33. The van der Waals surface area contributed by atoms with Crippen LogP contribution in [0, 0.1) is 5.82 Å². The van der Waals surface area contributed by atoms with Gasteiger partial charge in [0, 0.05) is 6.42 Å². The highest BCUT2D eigenvalue weighted by atomic mass is 32.1. The first-order valence-electron chi connectivity index (χ1n) is 8.85. The third-order valence-corrected chi connectivity index (χ3v) is 5.03. The zero-order valence-corrected chi connectivity index (χ0v) is 16.0. The molecule has 9 heteroatoms. The number of nitrogens with zero attached hydrogens (tertiary/aromatic N) is 3. The van der Waals surface area contributed by atoms with E-state index < -0.39 is 0 Å². The number of hydrogen-bond donors (Lipinski definition) is 0. The maximum absolute atomic E-state index is 12.9.